The number of rotatable bonds is 6. The monoisotopic (exact) mass is 371 g/mol. The Bertz CT molecular complexity index is 739. The summed E-state index contributed by atoms with van der Waals surface area (Å²) in [5.41, 5.74) is 2.03. The summed E-state index contributed by atoms with van der Waals surface area (Å²) in [5, 5.41) is 0. The summed E-state index contributed by atoms with van der Waals surface area (Å²) in [4.78, 5) is 38.5. The van der Waals surface area contributed by atoms with Gasteiger partial charge in [-0.2, -0.15) is 0 Å². The number of likely N-dealkylation sites (tertiary alicyclic amines) is 1. The number of carbonyl (C=O) groups is 3. The molecule has 1 aliphatic carbocycles. The van der Waals surface area contributed by atoms with E-state index in [1.54, 1.807) is 0 Å². The topological polar surface area (TPSA) is 72.9 Å². The number of nitrogens with zero attached hydrogens (tertiary/aromatic N) is 1. The second kappa shape index (κ2) is 7.94. The molecule has 0 spiro atoms. The highest BCUT2D eigenvalue weighted by atomic mass is 16.6. The fourth-order valence-corrected chi connectivity index (χ4v) is 3.75. The number of ether oxygens (including phenoxy) is 2. The molecule has 1 saturated heterocycles. The lowest BCUT2D eigenvalue weighted by atomic mass is 9.85. The second-order valence-electron chi connectivity index (χ2n) is 7.12. The van der Waals surface area contributed by atoms with Gasteiger partial charge in [0.15, 0.2) is 0 Å². The van der Waals surface area contributed by atoms with Crippen molar-refractivity contribution >= 4 is 17.8 Å². The first-order valence-electron chi connectivity index (χ1n) is 9.29. The molecule has 2 amide bonds. The van der Waals surface area contributed by atoms with Gasteiger partial charge in [0, 0.05) is 0 Å². The van der Waals surface area contributed by atoms with Gasteiger partial charge in [-0.25, -0.2) is 4.79 Å². The third kappa shape index (κ3) is 3.75. The Morgan fingerprint density at radius 3 is 2.19 bits per heavy atom. The number of amides is 2. The zero-order valence-corrected chi connectivity index (χ0v) is 15.9. The summed E-state index contributed by atoms with van der Waals surface area (Å²) in [5.74, 6) is -1.04. The van der Waals surface area contributed by atoms with Gasteiger partial charge in [-0.05, 0) is 44.7 Å². The number of carbonyl (C=O) groups excluding carboxylic acids is 3. The molecule has 0 unspecified atom stereocenters. The third-order valence-electron chi connectivity index (χ3n) is 5.25. The molecule has 1 aliphatic heterocycles. The molecule has 1 aromatic carbocycles. The minimum atomic E-state index is -0.921. The average Bonchev–Trinajstić information content (AvgIpc) is 2.91. The molecule has 144 valence electrons. The van der Waals surface area contributed by atoms with E-state index < -0.39 is 12.0 Å². The lowest BCUT2D eigenvalue weighted by Crippen LogP contribution is -2.44. The molecule has 0 radical (unpaired) electrons. The molecule has 27 heavy (non-hydrogen) atoms. The number of imide groups is 1. The molecule has 3 rings (SSSR count). The minimum absolute atomic E-state index is 0.0571. The summed E-state index contributed by atoms with van der Waals surface area (Å²) in [6, 6.07) is 4.94. The Balaban J connectivity index is 1.52. The summed E-state index contributed by atoms with van der Waals surface area (Å²) in [6.45, 7) is 5.71. The van der Waals surface area contributed by atoms with E-state index in [1.807, 2.05) is 44.2 Å². The first-order valence-corrected chi connectivity index (χ1v) is 9.29. The Morgan fingerprint density at radius 2 is 1.63 bits per heavy atom. The van der Waals surface area contributed by atoms with Crippen LogP contribution in [0.3, 0.4) is 0 Å². The van der Waals surface area contributed by atoms with Crippen LogP contribution in [0.1, 0.15) is 30.9 Å². The number of para-hydroxylation sites is 1. The Morgan fingerprint density at radius 1 is 1.07 bits per heavy atom. The predicted molar refractivity (Wildman–Crippen MR) is 99.0 cm³/mol. The lowest BCUT2D eigenvalue weighted by Gasteiger charge is -2.21. The molecule has 2 aliphatic rings. The molecule has 3 atom stereocenters. The van der Waals surface area contributed by atoms with Crippen LogP contribution in [0.2, 0.25) is 0 Å². The molecule has 6 heteroatoms. The van der Waals surface area contributed by atoms with Gasteiger partial charge in [-0.15, -0.1) is 0 Å². The van der Waals surface area contributed by atoms with E-state index in [2.05, 4.69) is 0 Å². The van der Waals surface area contributed by atoms with E-state index in [9.17, 15) is 14.4 Å². The Labute approximate surface area is 159 Å². The molecule has 1 heterocycles. The molecule has 1 fully saturated rings. The molecule has 0 saturated carbocycles. The highest BCUT2D eigenvalue weighted by Gasteiger charge is 2.50. The highest BCUT2D eigenvalue weighted by molar-refractivity contribution is 6.08. The maximum Gasteiger partial charge on any atom is 0.329 e. The van der Waals surface area contributed by atoms with E-state index in [4.69, 9.17) is 9.47 Å². The van der Waals surface area contributed by atoms with Crippen LogP contribution in [0.5, 0.6) is 5.75 Å². The fraction of sp³-hybridized carbons (Fsp3) is 0.476. The summed E-state index contributed by atoms with van der Waals surface area (Å²) in [6.07, 6.45) is 4.95. The van der Waals surface area contributed by atoms with Gasteiger partial charge in [0.05, 0.1) is 11.8 Å². The number of fused-ring (bicyclic) bond motifs is 1. The standard InChI is InChI=1S/C21H25NO5/c1-13-7-6-8-14(2)18(13)26-11-12-27-21(25)15(3)22-19(23)16-9-4-5-10-17(16)20(22)24/h4-8,15-17H,9-12H2,1-3H3/t15-,16-,17-/m0/s1. The molecule has 0 aromatic heterocycles. The van der Waals surface area contributed by atoms with Gasteiger partial charge in [-0.3, -0.25) is 14.5 Å². The van der Waals surface area contributed by atoms with Crippen LogP contribution in [-0.4, -0.2) is 41.9 Å². The van der Waals surface area contributed by atoms with Crippen LogP contribution < -0.4 is 4.74 Å². The first kappa shape index (κ1) is 19.1. The lowest BCUT2D eigenvalue weighted by molar-refractivity contribution is -0.158. The number of aryl methyl sites for hydroxylation is 2. The smallest absolute Gasteiger partial charge is 0.329 e. The van der Waals surface area contributed by atoms with Gasteiger partial charge in [0.2, 0.25) is 11.8 Å². The zero-order valence-electron chi connectivity index (χ0n) is 15.9. The van der Waals surface area contributed by atoms with Gasteiger partial charge in [0.1, 0.15) is 25.0 Å². The van der Waals surface area contributed by atoms with Gasteiger partial charge < -0.3 is 9.47 Å². The van der Waals surface area contributed by atoms with E-state index in [-0.39, 0.29) is 36.9 Å². The van der Waals surface area contributed by atoms with Crippen LogP contribution in [0.15, 0.2) is 30.4 Å². The first-order chi connectivity index (χ1) is 12.9. The summed E-state index contributed by atoms with van der Waals surface area (Å²) < 4.78 is 11.0. The molecule has 1 aromatic rings. The van der Waals surface area contributed by atoms with Crippen LogP contribution in [-0.2, 0) is 19.1 Å². The van der Waals surface area contributed by atoms with Gasteiger partial charge in [0.25, 0.3) is 0 Å². The van der Waals surface area contributed by atoms with Crippen molar-refractivity contribution < 1.29 is 23.9 Å². The SMILES string of the molecule is Cc1cccc(C)c1OCCOC(=O)[C@H](C)N1C(=O)[C@H]2CC=CC[C@@H]2C1=O. The van der Waals surface area contributed by atoms with Crippen molar-refractivity contribution in [3.05, 3.63) is 41.5 Å². The minimum Gasteiger partial charge on any atom is -0.489 e. The van der Waals surface area contributed by atoms with Crippen molar-refractivity contribution in [2.45, 2.75) is 39.7 Å². The van der Waals surface area contributed by atoms with Crippen molar-refractivity contribution in [3.8, 4) is 5.75 Å². The van der Waals surface area contributed by atoms with E-state index in [1.165, 1.54) is 6.92 Å². The van der Waals surface area contributed by atoms with Crippen LogP contribution in [0, 0.1) is 25.7 Å². The maximum atomic E-state index is 12.5. The van der Waals surface area contributed by atoms with Crippen molar-refractivity contribution in [2.75, 3.05) is 13.2 Å². The van der Waals surface area contributed by atoms with Crippen LogP contribution in [0.25, 0.3) is 0 Å². The molecule has 0 N–H and O–H groups in total. The highest BCUT2D eigenvalue weighted by Crippen LogP contribution is 2.36. The predicted octanol–water partition coefficient (Wildman–Crippen LogP) is 2.57. The van der Waals surface area contributed by atoms with Gasteiger partial charge >= 0.3 is 5.97 Å². The largest absolute Gasteiger partial charge is 0.489 e. The van der Waals surface area contributed by atoms with Crippen molar-refractivity contribution in [1.82, 2.24) is 4.90 Å². The van der Waals surface area contributed by atoms with Crippen molar-refractivity contribution in [2.24, 2.45) is 11.8 Å². The number of esters is 1. The van der Waals surface area contributed by atoms with E-state index in [0.717, 1.165) is 21.8 Å². The third-order valence-corrected chi connectivity index (χ3v) is 5.25. The molecule has 0 bridgehead atoms. The summed E-state index contributed by atoms with van der Waals surface area (Å²) >= 11 is 0. The Hall–Kier alpha value is -2.63. The second-order valence-corrected chi connectivity index (χ2v) is 7.12. The van der Waals surface area contributed by atoms with Crippen molar-refractivity contribution in [1.29, 1.82) is 0 Å². The summed E-state index contributed by atoms with van der Waals surface area (Å²) in [7, 11) is 0. The molecule has 6 nitrogen and oxygen atoms in total. The quantitative estimate of drug-likeness (QED) is 0.333. The molecular weight excluding hydrogens is 346 g/mol. The van der Waals surface area contributed by atoms with E-state index >= 15 is 0 Å². The zero-order chi connectivity index (χ0) is 19.6. The number of benzene rings is 1. The normalized spacial score (nSPS) is 22.6. The van der Waals surface area contributed by atoms with E-state index in [0.29, 0.717) is 12.8 Å². The molecular formula is C21H25NO5. The number of hydrogen-bond acceptors (Lipinski definition) is 5. The average molecular weight is 371 g/mol. The number of hydrogen-bond donors (Lipinski definition) is 0. The van der Waals surface area contributed by atoms with Gasteiger partial charge in [-0.1, -0.05) is 30.4 Å². The van der Waals surface area contributed by atoms with Crippen LogP contribution in [0.4, 0.5) is 0 Å². The Kier molecular flexibility index (Phi) is 5.63. The van der Waals surface area contributed by atoms with Crippen molar-refractivity contribution in [3.63, 3.8) is 0 Å². The number of allylic oxidation sites excluding steroid dienone is 2. The maximum absolute atomic E-state index is 12.5. The fourth-order valence-electron chi connectivity index (χ4n) is 3.75. The van der Waals surface area contributed by atoms with Crippen LogP contribution >= 0.6 is 0 Å².